The monoisotopic (exact) mass is 457 g/mol. The number of nitrogens with zero attached hydrogens (tertiary/aromatic N) is 2. The van der Waals surface area contributed by atoms with Gasteiger partial charge < -0.3 is 9.40 Å². The van der Waals surface area contributed by atoms with Crippen molar-refractivity contribution in [1.29, 1.82) is 0 Å². The van der Waals surface area contributed by atoms with Crippen molar-refractivity contribution < 1.29 is 4.42 Å². The van der Waals surface area contributed by atoms with Crippen molar-refractivity contribution in [2.45, 2.75) is 57.5 Å². The third-order valence-corrected chi connectivity index (χ3v) is 6.96. The molecule has 2 aliphatic rings. The molecule has 7 heteroatoms. The van der Waals surface area contributed by atoms with E-state index in [1.54, 1.807) is 18.2 Å². The minimum absolute atomic E-state index is 0.0149. The molecule has 5 nitrogen and oxygen atoms in total. The topological polar surface area (TPSA) is 62.1 Å². The Labute approximate surface area is 191 Å². The summed E-state index contributed by atoms with van der Waals surface area (Å²) in [7, 11) is 0. The third kappa shape index (κ3) is 4.45. The van der Waals surface area contributed by atoms with Crippen molar-refractivity contribution >= 4 is 23.2 Å². The van der Waals surface area contributed by atoms with Gasteiger partial charge in [0.1, 0.15) is 17.3 Å². The summed E-state index contributed by atoms with van der Waals surface area (Å²) >= 11 is 12.4. The second-order valence-electron chi connectivity index (χ2n) is 8.56. The van der Waals surface area contributed by atoms with Gasteiger partial charge in [-0.05, 0) is 43.2 Å². The maximum Gasteiger partial charge on any atom is 0.255 e. The molecule has 1 fully saturated rings. The molecule has 0 amide bonds. The van der Waals surface area contributed by atoms with E-state index in [0.717, 1.165) is 54.2 Å². The molecule has 0 bridgehead atoms. The average Bonchev–Trinajstić information content (AvgIpc) is 3.24. The molecule has 0 radical (unpaired) electrons. The molecule has 162 valence electrons. The smallest absolute Gasteiger partial charge is 0.255 e. The number of rotatable bonds is 4. The van der Waals surface area contributed by atoms with E-state index in [4.69, 9.17) is 32.6 Å². The van der Waals surface area contributed by atoms with Crippen molar-refractivity contribution in [3.05, 3.63) is 73.6 Å². The van der Waals surface area contributed by atoms with Gasteiger partial charge >= 0.3 is 0 Å². The maximum absolute atomic E-state index is 12.8. The lowest BCUT2D eigenvalue weighted by atomic mass is 9.88. The lowest BCUT2D eigenvalue weighted by molar-refractivity contribution is 0.222. The van der Waals surface area contributed by atoms with E-state index in [9.17, 15) is 4.79 Å². The SMILES string of the molecule is O=c1[nH]c(C2CCCCC2)nc2c1CN(Cc1ccc(-c3cc(Cl)ccc3Cl)o1)CC2. The maximum atomic E-state index is 12.8. The molecule has 1 aromatic carbocycles. The molecular formula is C24H25Cl2N3O2. The Morgan fingerprint density at radius 1 is 1.13 bits per heavy atom. The molecule has 31 heavy (non-hydrogen) atoms. The number of aromatic nitrogens is 2. The Balaban J connectivity index is 1.31. The molecular weight excluding hydrogens is 433 g/mol. The van der Waals surface area contributed by atoms with Crippen LogP contribution in [0.15, 0.2) is 39.5 Å². The second kappa shape index (κ2) is 8.81. The first-order valence-electron chi connectivity index (χ1n) is 11.0. The van der Waals surface area contributed by atoms with Gasteiger partial charge in [0.15, 0.2) is 0 Å². The van der Waals surface area contributed by atoms with E-state index >= 15 is 0 Å². The molecule has 1 N–H and O–H groups in total. The van der Waals surface area contributed by atoms with Crippen LogP contribution in [0, 0.1) is 0 Å². The van der Waals surface area contributed by atoms with Crippen LogP contribution in [-0.4, -0.2) is 21.4 Å². The number of hydrogen-bond donors (Lipinski definition) is 1. The summed E-state index contributed by atoms with van der Waals surface area (Å²) in [6, 6.07) is 9.20. The first kappa shape index (κ1) is 20.8. The van der Waals surface area contributed by atoms with Gasteiger partial charge in [-0.3, -0.25) is 9.69 Å². The first-order valence-corrected chi connectivity index (χ1v) is 11.7. The predicted molar refractivity (Wildman–Crippen MR) is 123 cm³/mol. The minimum Gasteiger partial charge on any atom is -0.460 e. The number of halogens is 2. The van der Waals surface area contributed by atoms with Gasteiger partial charge in [0, 0.05) is 36.0 Å². The molecule has 0 spiro atoms. The minimum atomic E-state index is 0.0149. The summed E-state index contributed by atoms with van der Waals surface area (Å²) in [5, 5.41) is 1.22. The zero-order valence-electron chi connectivity index (χ0n) is 17.3. The van der Waals surface area contributed by atoms with Crippen molar-refractivity contribution in [2.24, 2.45) is 0 Å². The Morgan fingerprint density at radius 3 is 2.81 bits per heavy atom. The highest BCUT2D eigenvalue weighted by Gasteiger charge is 2.25. The molecule has 0 saturated heterocycles. The summed E-state index contributed by atoms with van der Waals surface area (Å²) in [6.45, 7) is 2.06. The number of nitrogens with one attached hydrogen (secondary N) is 1. The van der Waals surface area contributed by atoms with E-state index in [0.29, 0.717) is 34.8 Å². The Kier molecular flexibility index (Phi) is 5.91. The van der Waals surface area contributed by atoms with Gasteiger partial charge in [0.25, 0.3) is 5.56 Å². The van der Waals surface area contributed by atoms with Gasteiger partial charge in [-0.2, -0.15) is 0 Å². The van der Waals surface area contributed by atoms with Crippen LogP contribution in [-0.2, 0) is 19.5 Å². The molecule has 1 saturated carbocycles. The summed E-state index contributed by atoms with van der Waals surface area (Å²) in [4.78, 5) is 23.0. The van der Waals surface area contributed by atoms with Gasteiger partial charge in [-0.1, -0.05) is 42.5 Å². The standard InChI is InChI=1S/C24H25Cl2N3O2/c25-16-6-8-20(26)18(12-16)22-9-7-17(31-22)13-29-11-10-21-19(14-29)24(30)28-23(27-21)15-4-2-1-3-5-15/h6-9,12,15H,1-5,10-11,13-14H2,(H,27,28,30). The lowest BCUT2D eigenvalue weighted by Crippen LogP contribution is -2.36. The highest BCUT2D eigenvalue weighted by molar-refractivity contribution is 6.35. The number of fused-ring (bicyclic) bond motifs is 1. The number of hydrogen-bond acceptors (Lipinski definition) is 4. The van der Waals surface area contributed by atoms with Gasteiger partial charge in [0.05, 0.1) is 22.8 Å². The van der Waals surface area contributed by atoms with E-state index < -0.39 is 0 Å². The van der Waals surface area contributed by atoms with Crippen molar-refractivity contribution in [2.75, 3.05) is 6.54 Å². The Bertz CT molecular complexity index is 1150. The zero-order valence-corrected chi connectivity index (χ0v) is 18.8. The van der Waals surface area contributed by atoms with Crippen LogP contribution in [0.5, 0.6) is 0 Å². The summed E-state index contributed by atoms with van der Waals surface area (Å²) in [5.74, 6) is 2.82. The van der Waals surface area contributed by atoms with Crippen molar-refractivity contribution in [3.8, 4) is 11.3 Å². The Hall–Kier alpha value is -2.08. The fourth-order valence-corrected chi connectivity index (χ4v) is 5.10. The molecule has 3 aromatic rings. The Morgan fingerprint density at radius 2 is 1.97 bits per heavy atom. The van der Waals surface area contributed by atoms with Crippen LogP contribution in [0.2, 0.25) is 10.0 Å². The highest BCUT2D eigenvalue weighted by Crippen LogP contribution is 2.33. The van der Waals surface area contributed by atoms with E-state index in [1.807, 2.05) is 12.1 Å². The van der Waals surface area contributed by atoms with Crippen LogP contribution in [0.25, 0.3) is 11.3 Å². The van der Waals surface area contributed by atoms with Crippen molar-refractivity contribution in [1.82, 2.24) is 14.9 Å². The number of furan rings is 1. The summed E-state index contributed by atoms with van der Waals surface area (Å²) in [5.41, 5.74) is 2.54. The molecule has 3 heterocycles. The summed E-state index contributed by atoms with van der Waals surface area (Å²) in [6.07, 6.45) is 6.79. The van der Waals surface area contributed by atoms with Gasteiger partial charge in [-0.25, -0.2) is 4.98 Å². The third-order valence-electron chi connectivity index (χ3n) is 6.39. The highest BCUT2D eigenvalue weighted by atomic mass is 35.5. The normalized spacial score (nSPS) is 17.6. The van der Waals surface area contributed by atoms with E-state index in [1.165, 1.54) is 19.3 Å². The fraction of sp³-hybridized carbons (Fsp3) is 0.417. The molecule has 1 aliphatic carbocycles. The average molecular weight is 458 g/mol. The number of aromatic amines is 1. The van der Waals surface area contributed by atoms with Gasteiger partial charge in [-0.15, -0.1) is 0 Å². The van der Waals surface area contributed by atoms with E-state index in [2.05, 4.69) is 9.88 Å². The van der Waals surface area contributed by atoms with Gasteiger partial charge in [0.2, 0.25) is 0 Å². The predicted octanol–water partition coefficient (Wildman–Crippen LogP) is 5.94. The van der Waals surface area contributed by atoms with E-state index in [-0.39, 0.29) is 5.56 Å². The molecule has 2 aromatic heterocycles. The zero-order chi connectivity index (χ0) is 21.4. The lowest BCUT2D eigenvalue weighted by Gasteiger charge is -2.28. The molecule has 0 atom stereocenters. The molecule has 0 unspecified atom stereocenters. The van der Waals surface area contributed by atoms with Crippen LogP contribution in [0.1, 0.15) is 60.9 Å². The molecule has 5 rings (SSSR count). The van der Waals surface area contributed by atoms with Crippen LogP contribution in [0.3, 0.4) is 0 Å². The van der Waals surface area contributed by atoms with Crippen molar-refractivity contribution in [3.63, 3.8) is 0 Å². The second-order valence-corrected chi connectivity index (χ2v) is 9.41. The first-order chi connectivity index (χ1) is 15.1. The van der Waals surface area contributed by atoms with Crippen LogP contribution in [0.4, 0.5) is 0 Å². The number of H-pyrrole nitrogens is 1. The largest absolute Gasteiger partial charge is 0.460 e. The molecule has 1 aliphatic heterocycles. The number of benzene rings is 1. The van der Waals surface area contributed by atoms with Crippen LogP contribution >= 0.6 is 23.2 Å². The summed E-state index contributed by atoms with van der Waals surface area (Å²) < 4.78 is 6.04. The quantitative estimate of drug-likeness (QED) is 0.526. The van der Waals surface area contributed by atoms with Crippen LogP contribution < -0.4 is 5.56 Å². The fourth-order valence-electron chi connectivity index (χ4n) is 4.72.